The Balaban J connectivity index is 0.000000342. The number of phenolic OH excluding ortho intramolecular Hbond substituents is 3. The molecule has 0 aliphatic rings. The summed E-state index contributed by atoms with van der Waals surface area (Å²) in [6.45, 7) is 0. The first-order valence-corrected chi connectivity index (χ1v) is 4.28. The Morgan fingerprint density at radius 1 is 0.737 bits per heavy atom. The molecule has 0 atom stereocenters. The van der Waals surface area contributed by atoms with Crippen LogP contribution >= 0.6 is 0 Å². The number of carbonyl (C=O) groups excluding carboxylic acids is 1. The molecule has 0 aromatic heterocycles. The number of carbonyl (C=O) groups is 3. The van der Waals surface area contributed by atoms with Gasteiger partial charge in [-0.3, -0.25) is 0 Å². The molecular formula is C9H8O10. The molecule has 10 nitrogen and oxygen atoms in total. The SMILES string of the molecule is O=C(O)OC(=O)OC(=O)O.Oc1cc(O)cc(O)c1. The molecule has 104 valence electrons. The highest BCUT2D eigenvalue weighted by Gasteiger charge is 2.13. The van der Waals surface area contributed by atoms with E-state index in [1.54, 1.807) is 0 Å². The van der Waals surface area contributed by atoms with Gasteiger partial charge in [-0.15, -0.1) is 0 Å². The number of aromatic hydroxyl groups is 3. The summed E-state index contributed by atoms with van der Waals surface area (Å²) < 4.78 is 6.47. The fourth-order valence-electron chi connectivity index (χ4n) is 0.743. The van der Waals surface area contributed by atoms with Gasteiger partial charge in [-0.25, -0.2) is 14.4 Å². The smallest absolute Gasteiger partial charge is 0.508 e. The predicted octanol–water partition coefficient (Wildman–Crippen LogP) is 1.30. The summed E-state index contributed by atoms with van der Waals surface area (Å²) in [4.78, 5) is 28.8. The Morgan fingerprint density at radius 2 is 1.00 bits per heavy atom. The van der Waals surface area contributed by atoms with Crippen molar-refractivity contribution in [1.82, 2.24) is 0 Å². The zero-order valence-electron chi connectivity index (χ0n) is 9.01. The molecule has 19 heavy (non-hydrogen) atoms. The maximum atomic E-state index is 9.86. The molecular weight excluding hydrogens is 268 g/mol. The largest absolute Gasteiger partial charge is 0.528 e. The Kier molecular flexibility index (Phi) is 6.01. The van der Waals surface area contributed by atoms with Crippen molar-refractivity contribution in [2.75, 3.05) is 0 Å². The van der Waals surface area contributed by atoms with Gasteiger partial charge in [-0.05, 0) is 0 Å². The van der Waals surface area contributed by atoms with E-state index in [9.17, 15) is 14.4 Å². The molecule has 0 saturated heterocycles. The van der Waals surface area contributed by atoms with Gasteiger partial charge in [0.15, 0.2) is 0 Å². The van der Waals surface area contributed by atoms with Gasteiger partial charge in [0, 0.05) is 18.2 Å². The van der Waals surface area contributed by atoms with Crippen molar-refractivity contribution < 1.29 is 49.4 Å². The minimum atomic E-state index is -1.92. The number of rotatable bonds is 0. The van der Waals surface area contributed by atoms with Crippen molar-refractivity contribution in [1.29, 1.82) is 0 Å². The number of hydrogen-bond donors (Lipinski definition) is 5. The fourth-order valence-corrected chi connectivity index (χ4v) is 0.743. The molecule has 5 N–H and O–H groups in total. The maximum Gasteiger partial charge on any atom is 0.528 e. The second-order valence-corrected chi connectivity index (χ2v) is 2.69. The van der Waals surface area contributed by atoms with E-state index in [2.05, 4.69) is 9.47 Å². The van der Waals surface area contributed by atoms with E-state index in [0.29, 0.717) is 0 Å². The van der Waals surface area contributed by atoms with Crippen molar-refractivity contribution in [2.45, 2.75) is 0 Å². The highest BCUT2D eigenvalue weighted by molar-refractivity contribution is 5.82. The Hall–Kier alpha value is -3.17. The zero-order chi connectivity index (χ0) is 15.0. The van der Waals surface area contributed by atoms with Crippen molar-refractivity contribution in [2.24, 2.45) is 0 Å². The lowest BCUT2D eigenvalue weighted by Gasteiger charge is -1.94. The van der Waals surface area contributed by atoms with Crippen LogP contribution in [0, 0.1) is 0 Å². The lowest BCUT2D eigenvalue weighted by Crippen LogP contribution is -2.14. The minimum absolute atomic E-state index is 0.146. The van der Waals surface area contributed by atoms with Crippen molar-refractivity contribution in [3.63, 3.8) is 0 Å². The van der Waals surface area contributed by atoms with Crippen LogP contribution in [-0.2, 0) is 9.47 Å². The topological polar surface area (TPSA) is 171 Å². The first-order valence-electron chi connectivity index (χ1n) is 4.28. The summed E-state index contributed by atoms with van der Waals surface area (Å²) in [7, 11) is 0. The molecule has 1 rings (SSSR count). The average Bonchev–Trinajstić information content (AvgIpc) is 2.12. The third-order valence-corrected chi connectivity index (χ3v) is 1.23. The van der Waals surface area contributed by atoms with Gasteiger partial charge in [-0.2, -0.15) is 0 Å². The molecule has 0 fully saturated rings. The van der Waals surface area contributed by atoms with Gasteiger partial charge in [-0.1, -0.05) is 0 Å². The van der Waals surface area contributed by atoms with E-state index in [-0.39, 0.29) is 17.2 Å². The molecule has 0 aliphatic heterocycles. The van der Waals surface area contributed by atoms with E-state index in [1.807, 2.05) is 0 Å². The predicted molar refractivity (Wildman–Crippen MR) is 55.1 cm³/mol. The van der Waals surface area contributed by atoms with Gasteiger partial charge < -0.3 is 35.0 Å². The van der Waals surface area contributed by atoms with Crippen LogP contribution in [0.1, 0.15) is 0 Å². The van der Waals surface area contributed by atoms with E-state index < -0.39 is 18.5 Å². The number of benzene rings is 1. The molecule has 0 bridgehead atoms. The molecule has 0 aliphatic carbocycles. The quantitative estimate of drug-likeness (QED) is 0.343. The van der Waals surface area contributed by atoms with E-state index in [1.165, 1.54) is 0 Å². The standard InChI is InChI=1S/C6H6O3.C3H2O7/c7-4-1-5(8)3-6(9)2-4;4-1(5)9-3(8)10-2(6)7/h1-3,7-9H;(H,4,5)(H,6,7). The van der Waals surface area contributed by atoms with Crippen LogP contribution in [0.5, 0.6) is 17.2 Å². The van der Waals surface area contributed by atoms with Crippen LogP contribution in [0.2, 0.25) is 0 Å². The average molecular weight is 276 g/mol. The van der Waals surface area contributed by atoms with Gasteiger partial charge in [0.1, 0.15) is 17.2 Å². The number of carboxylic acid groups (broad SMARTS) is 2. The van der Waals surface area contributed by atoms with Crippen LogP contribution in [0.4, 0.5) is 14.4 Å². The third kappa shape index (κ3) is 8.62. The van der Waals surface area contributed by atoms with Gasteiger partial charge in [0.25, 0.3) is 0 Å². The van der Waals surface area contributed by atoms with Crippen molar-refractivity contribution >= 4 is 18.5 Å². The highest BCUT2D eigenvalue weighted by atomic mass is 16.8. The van der Waals surface area contributed by atoms with Crippen LogP contribution in [-0.4, -0.2) is 44.0 Å². The molecule has 0 amide bonds. The molecule has 1 aromatic carbocycles. The first kappa shape index (κ1) is 15.8. The number of hydrogen-bond acceptors (Lipinski definition) is 8. The van der Waals surface area contributed by atoms with E-state index in [4.69, 9.17) is 25.5 Å². The summed E-state index contributed by atoms with van der Waals surface area (Å²) in [5, 5.41) is 41.4. The summed E-state index contributed by atoms with van der Waals surface area (Å²) in [6, 6.07) is 3.42. The van der Waals surface area contributed by atoms with Crippen molar-refractivity contribution in [3.8, 4) is 17.2 Å². The van der Waals surface area contributed by atoms with Gasteiger partial charge in [0.2, 0.25) is 0 Å². The van der Waals surface area contributed by atoms with Gasteiger partial charge in [0.05, 0.1) is 0 Å². The van der Waals surface area contributed by atoms with E-state index >= 15 is 0 Å². The second kappa shape index (κ2) is 7.21. The molecule has 0 spiro atoms. The number of phenols is 3. The number of ether oxygens (including phenoxy) is 2. The molecule has 0 saturated carbocycles. The first-order chi connectivity index (χ1) is 8.70. The lowest BCUT2D eigenvalue weighted by atomic mass is 10.3. The summed E-state index contributed by atoms with van der Waals surface area (Å²) in [6.07, 6.45) is -5.64. The van der Waals surface area contributed by atoms with Crippen LogP contribution < -0.4 is 0 Å². The highest BCUT2D eigenvalue weighted by Crippen LogP contribution is 2.23. The van der Waals surface area contributed by atoms with Gasteiger partial charge >= 0.3 is 18.5 Å². The monoisotopic (exact) mass is 276 g/mol. The third-order valence-electron chi connectivity index (χ3n) is 1.23. The fraction of sp³-hybridized carbons (Fsp3) is 0. The molecule has 0 radical (unpaired) electrons. The molecule has 10 heteroatoms. The lowest BCUT2D eigenvalue weighted by molar-refractivity contribution is 0.0548. The van der Waals surface area contributed by atoms with Crippen LogP contribution in [0.25, 0.3) is 0 Å². The Labute approximate surface area is 104 Å². The van der Waals surface area contributed by atoms with Crippen LogP contribution in [0.3, 0.4) is 0 Å². The summed E-state index contributed by atoms with van der Waals surface area (Å²) in [5.74, 6) is -0.437. The molecule has 1 aromatic rings. The van der Waals surface area contributed by atoms with Crippen molar-refractivity contribution in [3.05, 3.63) is 18.2 Å². The summed E-state index contributed by atoms with van der Waals surface area (Å²) in [5.41, 5.74) is 0. The Morgan fingerprint density at radius 3 is 1.21 bits per heavy atom. The second-order valence-electron chi connectivity index (χ2n) is 2.69. The summed E-state index contributed by atoms with van der Waals surface area (Å²) >= 11 is 0. The normalized spacial score (nSPS) is 8.63. The van der Waals surface area contributed by atoms with Crippen LogP contribution in [0.15, 0.2) is 18.2 Å². The zero-order valence-corrected chi connectivity index (χ0v) is 9.01. The molecule has 0 unspecified atom stereocenters. The minimum Gasteiger partial charge on any atom is -0.508 e. The van der Waals surface area contributed by atoms with E-state index in [0.717, 1.165) is 18.2 Å². The maximum absolute atomic E-state index is 9.86. The Bertz CT molecular complexity index is 411. The molecule has 0 heterocycles.